The standard InChI is InChI=1S/C19H18Cl2N2O2/c1-11(24)22-14-6-4-10-23-18(14)12-5-2-3-7-15(12)25-16-9-8-13(20)17(21)19(16)23/h2-3,5,7-9,14,18H,4,6,10H2,1H3,(H,22,24)/t14-,18+/m0/s1. The van der Waals surface area contributed by atoms with Crippen molar-refractivity contribution in [2.24, 2.45) is 0 Å². The highest BCUT2D eigenvalue weighted by molar-refractivity contribution is 6.44. The quantitative estimate of drug-likeness (QED) is 0.765. The summed E-state index contributed by atoms with van der Waals surface area (Å²) in [7, 11) is 0. The van der Waals surface area contributed by atoms with Crippen LogP contribution in [0.5, 0.6) is 11.5 Å². The summed E-state index contributed by atoms with van der Waals surface area (Å²) in [5, 5.41) is 4.08. The van der Waals surface area contributed by atoms with Gasteiger partial charge in [-0.25, -0.2) is 0 Å². The van der Waals surface area contributed by atoms with Gasteiger partial charge in [-0.3, -0.25) is 4.79 Å². The number of carbonyl (C=O) groups excluding carboxylic acids is 1. The molecule has 2 aliphatic rings. The highest BCUT2D eigenvalue weighted by Crippen LogP contribution is 2.51. The van der Waals surface area contributed by atoms with Crippen LogP contribution in [0.3, 0.4) is 0 Å². The summed E-state index contributed by atoms with van der Waals surface area (Å²) < 4.78 is 6.19. The Morgan fingerprint density at radius 2 is 2.00 bits per heavy atom. The van der Waals surface area contributed by atoms with Crippen molar-refractivity contribution in [3.05, 3.63) is 52.0 Å². The molecule has 1 fully saturated rings. The Bertz CT molecular complexity index is 840. The van der Waals surface area contributed by atoms with Gasteiger partial charge in [-0.15, -0.1) is 0 Å². The first-order chi connectivity index (χ1) is 12.1. The Balaban J connectivity index is 1.92. The van der Waals surface area contributed by atoms with Crippen molar-refractivity contribution >= 4 is 34.8 Å². The van der Waals surface area contributed by atoms with Crippen LogP contribution >= 0.6 is 23.2 Å². The molecule has 0 radical (unpaired) electrons. The molecule has 25 heavy (non-hydrogen) atoms. The summed E-state index contributed by atoms with van der Waals surface area (Å²) >= 11 is 12.8. The van der Waals surface area contributed by atoms with Crippen molar-refractivity contribution in [3.63, 3.8) is 0 Å². The predicted molar refractivity (Wildman–Crippen MR) is 99.9 cm³/mol. The van der Waals surface area contributed by atoms with Crippen molar-refractivity contribution in [2.75, 3.05) is 11.4 Å². The summed E-state index contributed by atoms with van der Waals surface area (Å²) in [5.74, 6) is 1.44. The molecule has 1 amide bonds. The molecule has 0 spiro atoms. The van der Waals surface area contributed by atoms with E-state index in [2.05, 4.69) is 16.3 Å². The first-order valence-electron chi connectivity index (χ1n) is 8.35. The van der Waals surface area contributed by atoms with E-state index in [1.807, 2.05) is 24.3 Å². The molecule has 130 valence electrons. The maximum atomic E-state index is 11.7. The number of nitrogens with zero attached hydrogens (tertiary/aromatic N) is 1. The van der Waals surface area contributed by atoms with E-state index in [-0.39, 0.29) is 18.0 Å². The number of piperidine rings is 1. The third-order valence-electron chi connectivity index (χ3n) is 4.80. The maximum absolute atomic E-state index is 11.7. The second kappa shape index (κ2) is 6.43. The molecule has 4 rings (SSSR count). The van der Waals surface area contributed by atoms with Crippen LogP contribution in [0.25, 0.3) is 0 Å². The largest absolute Gasteiger partial charge is 0.455 e. The molecule has 4 nitrogen and oxygen atoms in total. The van der Waals surface area contributed by atoms with Crippen LogP contribution < -0.4 is 15.0 Å². The molecule has 1 saturated heterocycles. The number of para-hydroxylation sites is 1. The Labute approximate surface area is 156 Å². The molecule has 2 aliphatic heterocycles. The van der Waals surface area contributed by atoms with E-state index in [9.17, 15) is 4.79 Å². The molecule has 2 atom stereocenters. The normalized spacial score (nSPS) is 21.3. The first-order valence-corrected chi connectivity index (χ1v) is 9.10. The number of hydrogen-bond donors (Lipinski definition) is 1. The molecule has 2 heterocycles. The number of amides is 1. The van der Waals surface area contributed by atoms with Crippen molar-refractivity contribution in [1.29, 1.82) is 0 Å². The number of hydrogen-bond acceptors (Lipinski definition) is 3. The van der Waals surface area contributed by atoms with E-state index in [0.29, 0.717) is 15.8 Å². The molecule has 2 aromatic carbocycles. The first kappa shape index (κ1) is 16.6. The smallest absolute Gasteiger partial charge is 0.217 e. The Hall–Kier alpha value is -1.91. The van der Waals surface area contributed by atoms with Gasteiger partial charge in [0.15, 0.2) is 5.75 Å². The number of carbonyl (C=O) groups is 1. The zero-order valence-electron chi connectivity index (χ0n) is 13.8. The van der Waals surface area contributed by atoms with Gasteiger partial charge < -0.3 is 15.0 Å². The fraction of sp³-hybridized carbons (Fsp3) is 0.316. The number of anilines is 1. The molecule has 2 aromatic rings. The molecule has 0 unspecified atom stereocenters. The lowest BCUT2D eigenvalue weighted by Gasteiger charge is -2.42. The van der Waals surface area contributed by atoms with E-state index in [4.69, 9.17) is 27.9 Å². The molecule has 0 saturated carbocycles. The minimum absolute atomic E-state index is 0.0167. The van der Waals surface area contributed by atoms with Gasteiger partial charge in [0, 0.05) is 19.0 Å². The van der Waals surface area contributed by atoms with E-state index in [0.717, 1.165) is 36.4 Å². The molecular weight excluding hydrogens is 359 g/mol. The van der Waals surface area contributed by atoms with Crippen LogP contribution in [-0.2, 0) is 4.79 Å². The SMILES string of the molecule is CC(=O)N[C@H]1CCCN2c3c(ccc(Cl)c3Cl)Oc3ccccc3[C@H]12. The van der Waals surface area contributed by atoms with Crippen LogP contribution in [-0.4, -0.2) is 18.5 Å². The zero-order chi connectivity index (χ0) is 17.6. The second-order valence-electron chi connectivity index (χ2n) is 6.44. The van der Waals surface area contributed by atoms with Crippen LogP contribution in [0.2, 0.25) is 10.0 Å². The molecule has 0 aliphatic carbocycles. The monoisotopic (exact) mass is 376 g/mol. The van der Waals surface area contributed by atoms with Crippen molar-refractivity contribution in [3.8, 4) is 11.5 Å². The number of nitrogens with one attached hydrogen (secondary N) is 1. The van der Waals surface area contributed by atoms with Gasteiger partial charge in [-0.2, -0.15) is 0 Å². The summed E-state index contributed by atoms with van der Waals surface area (Å²) in [6, 6.07) is 11.5. The Morgan fingerprint density at radius 1 is 1.20 bits per heavy atom. The summed E-state index contributed by atoms with van der Waals surface area (Å²) in [6.45, 7) is 2.38. The fourth-order valence-corrected chi connectivity index (χ4v) is 4.27. The van der Waals surface area contributed by atoms with Crippen molar-refractivity contribution < 1.29 is 9.53 Å². The average Bonchev–Trinajstić information content (AvgIpc) is 2.73. The lowest BCUT2D eigenvalue weighted by molar-refractivity contribution is -0.119. The highest BCUT2D eigenvalue weighted by atomic mass is 35.5. The number of benzene rings is 2. The van der Waals surface area contributed by atoms with E-state index < -0.39 is 0 Å². The lowest BCUT2D eigenvalue weighted by Crippen LogP contribution is -2.49. The molecule has 0 aromatic heterocycles. The van der Waals surface area contributed by atoms with Gasteiger partial charge in [0.1, 0.15) is 11.4 Å². The second-order valence-corrected chi connectivity index (χ2v) is 7.22. The molecule has 0 bridgehead atoms. The van der Waals surface area contributed by atoms with E-state index in [1.165, 1.54) is 0 Å². The summed E-state index contributed by atoms with van der Waals surface area (Å²) in [6.07, 6.45) is 1.86. The molecule has 6 heteroatoms. The Kier molecular flexibility index (Phi) is 4.26. The molecule has 1 N–H and O–H groups in total. The third kappa shape index (κ3) is 2.83. The van der Waals surface area contributed by atoms with E-state index in [1.54, 1.807) is 13.0 Å². The Morgan fingerprint density at radius 3 is 2.80 bits per heavy atom. The zero-order valence-corrected chi connectivity index (χ0v) is 15.3. The third-order valence-corrected chi connectivity index (χ3v) is 5.59. The number of fused-ring (bicyclic) bond motifs is 5. The van der Waals surface area contributed by atoms with Gasteiger partial charge in [0.05, 0.1) is 22.1 Å². The number of rotatable bonds is 1. The number of halogens is 2. The van der Waals surface area contributed by atoms with Gasteiger partial charge in [0.25, 0.3) is 0 Å². The average molecular weight is 377 g/mol. The minimum Gasteiger partial charge on any atom is -0.455 e. The van der Waals surface area contributed by atoms with Crippen LogP contribution in [0.4, 0.5) is 5.69 Å². The fourth-order valence-electron chi connectivity index (χ4n) is 3.85. The molecular formula is C19H18Cl2N2O2. The predicted octanol–water partition coefficient (Wildman–Crippen LogP) is 4.95. The van der Waals surface area contributed by atoms with Crippen LogP contribution in [0.15, 0.2) is 36.4 Å². The lowest BCUT2D eigenvalue weighted by atomic mass is 9.89. The highest BCUT2D eigenvalue weighted by Gasteiger charge is 2.39. The van der Waals surface area contributed by atoms with Gasteiger partial charge in [0.2, 0.25) is 5.91 Å². The van der Waals surface area contributed by atoms with Crippen LogP contribution in [0.1, 0.15) is 31.4 Å². The maximum Gasteiger partial charge on any atom is 0.217 e. The number of ether oxygens (including phenoxy) is 1. The minimum atomic E-state index is -0.0499. The van der Waals surface area contributed by atoms with Gasteiger partial charge in [-0.05, 0) is 31.0 Å². The van der Waals surface area contributed by atoms with Gasteiger partial charge in [-0.1, -0.05) is 41.4 Å². The topological polar surface area (TPSA) is 41.6 Å². The van der Waals surface area contributed by atoms with Crippen molar-refractivity contribution in [2.45, 2.75) is 31.8 Å². The summed E-state index contributed by atoms with van der Waals surface area (Å²) in [5.41, 5.74) is 1.84. The van der Waals surface area contributed by atoms with Gasteiger partial charge >= 0.3 is 0 Å². The van der Waals surface area contributed by atoms with E-state index >= 15 is 0 Å². The van der Waals surface area contributed by atoms with Crippen molar-refractivity contribution in [1.82, 2.24) is 5.32 Å². The van der Waals surface area contributed by atoms with Crippen LogP contribution in [0, 0.1) is 0 Å². The summed E-state index contributed by atoms with van der Waals surface area (Å²) in [4.78, 5) is 14.0.